The van der Waals surface area contributed by atoms with Crippen molar-refractivity contribution in [2.24, 2.45) is 5.92 Å². The van der Waals surface area contributed by atoms with Crippen molar-refractivity contribution in [3.05, 3.63) is 29.1 Å². The van der Waals surface area contributed by atoms with Gasteiger partial charge in [-0.05, 0) is 43.7 Å². The van der Waals surface area contributed by atoms with Crippen LogP contribution in [0.25, 0.3) is 0 Å². The molecule has 0 bridgehead atoms. The predicted octanol–water partition coefficient (Wildman–Crippen LogP) is 2.28. The molecule has 2 unspecified atom stereocenters. The number of halogens is 3. The molecule has 0 aromatic carbocycles. The molecule has 2 N–H and O–H groups in total. The molecule has 0 radical (unpaired) electrons. The molecule has 30 heavy (non-hydrogen) atoms. The topological polar surface area (TPSA) is 74.7 Å². The second-order valence-corrected chi connectivity index (χ2v) is 8.59. The van der Waals surface area contributed by atoms with Crippen molar-refractivity contribution in [1.29, 1.82) is 0 Å². The van der Waals surface area contributed by atoms with Gasteiger partial charge >= 0.3 is 6.18 Å². The summed E-state index contributed by atoms with van der Waals surface area (Å²) in [5, 5.41) is 13.5. The number of pyridine rings is 1. The third kappa shape index (κ3) is 4.78. The Kier molecular flexibility index (Phi) is 6.31. The number of hydrogen-bond acceptors (Lipinski definition) is 5. The first-order valence-corrected chi connectivity index (χ1v) is 10.7. The normalized spacial score (nSPS) is 30.1. The highest BCUT2D eigenvalue weighted by molar-refractivity contribution is 5.79. The van der Waals surface area contributed by atoms with E-state index in [2.05, 4.69) is 10.3 Å². The van der Waals surface area contributed by atoms with E-state index in [1.807, 2.05) is 0 Å². The Bertz CT molecular complexity index is 766. The van der Waals surface area contributed by atoms with Crippen molar-refractivity contribution < 1.29 is 27.8 Å². The first-order chi connectivity index (χ1) is 14.3. The minimum absolute atomic E-state index is 0.0302. The van der Waals surface area contributed by atoms with Crippen LogP contribution in [0.4, 0.5) is 13.2 Å². The summed E-state index contributed by atoms with van der Waals surface area (Å²) in [6, 6.07) is 1.43. The predicted molar refractivity (Wildman–Crippen MR) is 102 cm³/mol. The summed E-state index contributed by atoms with van der Waals surface area (Å²) < 4.78 is 44.2. The van der Waals surface area contributed by atoms with Gasteiger partial charge < -0.3 is 20.1 Å². The Morgan fingerprint density at radius 3 is 2.70 bits per heavy atom. The number of ether oxygens (including phenoxy) is 1. The molecule has 1 saturated heterocycles. The van der Waals surface area contributed by atoms with E-state index in [1.54, 1.807) is 4.90 Å². The average molecular weight is 427 g/mol. The number of carbonyl (C=O) groups excluding carboxylic acids is 1. The molecule has 1 aliphatic carbocycles. The number of carbonyl (C=O) groups is 1. The molecule has 3 heterocycles. The van der Waals surface area contributed by atoms with Crippen LogP contribution in [-0.4, -0.2) is 58.8 Å². The maximum Gasteiger partial charge on any atom is 0.417 e. The fourth-order valence-electron chi connectivity index (χ4n) is 4.75. The molecule has 0 spiro atoms. The first kappa shape index (κ1) is 21.5. The van der Waals surface area contributed by atoms with E-state index in [1.165, 1.54) is 0 Å². The molecule has 1 aromatic rings. The minimum atomic E-state index is -4.43. The fourth-order valence-corrected chi connectivity index (χ4v) is 4.75. The molecule has 4 rings (SSSR count). The Morgan fingerprint density at radius 2 is 2.00 bits per heavy atom. The Labute approximate surface area is 173 Å². The van der Waals surface area contributed by atoms with Crippen LogP contribution in [0.5, 0.6) is 0 Å². The van der Waals surface area contributed by atoms with Gasteiger partial charge in [-0.25, -0.2) is 0 Å². The van der Waals surface area contributed by atoms with Crippen LogP contribution < -0.4 is 5.32 Å². The summed E-state index contributed by atoms with van der Waals surface area (Å²) in [4.78, 5) is 18.7. The molecule has 2 fully saturated rings. The van der Waals surface area contributed by atoms with E-state index in [0.717, 1.165) is 44.4 Å². The molecule has 1 aromatic heterocycles. The summed E-state index contributed by atoms with van der Waals surface area (Å²) in [7, 11) is 0. The zero-order valence-corrected chi connectivity index (χ0v) is 16.8. The van der Waals surface area contributed by atoms with Crippen LogP contribution >= 0.6 is 0 Å². The number of aliphatic hydroxyl groups is 1. The highest BCUT2D eigenvalue weighted by atomic mass is 19.4. The van der Waals surface area contributed by atoms with E-state index >= 15 is 0 Å². The number of aliphatic hydroxyl groups excluding tert-OH is 1. The standard InChI is InChI=1S/C21H28F3N3O3/c22-21(23,24)15-9-14-11-27(7-5-17(14)25-10-15)20(29)13-1-3-16(4-2-13)26-18-6-8-30-12-19(18)28/h9-10,13,16,18-19,26,28H,1-8,11-12H2. The number of alkyl halides is 3. The smallest absolute Gasteiger partial charge is 0.389 e. The molecule has 166 valence electrons. The largest absolute Gasteiger partial charge is 0.417 e. The number of rotatable bonds is 3. The van der Waals surface area contributed by atoms with Crippen LogP contribution in [-0.2, 0) is 28.7 Å². The van der Waals surface area contributed by atoms with E-state index < -0.39 is 17.8 Å². The highest BCUT2D eigenvalue weighted by Crippen LogP contribution is 2.32. The summed E-state index contributed by atoms with van der Waals surface area (Å²) in [6.07, 6.45) is 0.410. The zero-order valence-electron chi connectivity index (χ0n) is 16.8. The molecule has 2 aliphatic heterocycles. The van der Waals surface area contributed by atoms with Gasteiger partial charge in [0, 0.05) is 56.0 Å². The molecule has 6 nitrogen and oxygen atoms in total. The lowest BCUT2D eigenvalue weighted by atomic mass is 9.84. The second kappa shape index (κ2) is 8.80. The second-order valence-electron chi connectivity index (χ2n) is 8.59. The van der Waals surface area contributed by atoms with Crippen LogP contribution in [0.2, 0.25) is 0 Å². The van der Waals surface area contributed by atoms with E-state index in [0.29, 0.717) is 37.4 Å². The minimum Gasteiger partial charge on any atom is -0.389 e. The number of nitrogens with zero attached hydrogens (tertiary/aromatic N) is 2. The van der Waals surface area contributed by atoms with Gasteiger partial charge in [0.25, 0.3) is 0 Å². The van der Waals surface area contributed by atoms with Gasteiger partial charge in [0.05, 0.1) is 18.3 Å². The molecule has 1 amide bonds. The van der Waals surface area contributed by atoms with E-state index in [-0.39, 0.29) is 30.5 Å². The van der Waals surface area contributed by atoms with Crippen molar-refractivity contribution in [2.75, 3.05) is 19.8 Å². The number of fused-ring (bicyclic) bond motifs is 1. The van der Waals surface area contributed by atoms with E-state index in [4.69, 9.17) is 4.74 Å². The Morgan fingerprint density at radius 1 is 1.23 bits per heavy atom. The molecular weight excluding hydrogens is 399 g/mol. The van der Waals surface area contributed by atoms with Gasteiger partial charge in [0.2, 0.25) is 5.91 Å². The maximum atomic E-state index is 13.0. The number of aromatic nitrogens is 1. The molecule has 3 aliphatic rings. The van der Waals surface area contributed by atoms with Crippen LogP contribution in [0.15, 0.2) is 12.3 Å². The van der Waals surface area contributed by atoms with Crippen molar-refractivity contribution in [2.45, 2.75) is 69.4 Å². The molecular formula is C21H28F3N3O3. The summed E-state index contributed by atoms with van der Waals surface area (Å²) in [5.74, 6) is -0.0643. The van der Waals surface area contributed by atoms with Gasteiger partial charge in [-0.3, -0.25) is 9.78 Å². The molecule has 2 atom stereocenters. The van der Waals surface area contributed by atoms with Gasteiger partial charge in [-0.15, -0.1) is 0 Å². The third-order valence-corrected chi connectivity index (χ3v) is 6.53. The van der Waals surface area contributed by atoms with Crippen LogP contribution in [0.1, 0.15) is 48.9 Å². The molecule has 1 saturated carbocycles. The average Bonchev–Trinajstić information content (AvgIpc) is 2.74. The summed E-state index contributed by atoms with van der Waals surface area (Å²) in [6.45, 7) is 1.69. The van der Waals surface area contributed by atoms with Crippen molar-refractivity contribution >= 4 is 5.91 Å². The molecule has 9 heteroatoms. The van der Waals surface area contributed by atoms with Gasteiger partial charge in [0.1, 0.15) is 0 Å². The Balaban J connectivity index is 1.32. The zero-order chi connectivity index (χ0) is 21.3. The van der Waals surface area contributed by atoms with E-state index in [9.17, 15) is 23.1 Å². The SMILES string of the molecule is O=C(C1CCC(NC2CCOCC2O)CC1)N1CCc2ncc(C(F)(F)F)cc2C1. The first-order valence-electron chi connectivity index (χ1n) is 10.7. The summed E-state index contributed by atoms with van der Waals surface area (Å²) >= 11 is 0. The fraction of sp³-hybridized carbons (Fsp3) is 0.714. The number of nitrogens with one attached hydrogen (secondary N) is 1. The highest BCUT2D eigenvalue weighted by Gasteiger charge is 2.35. The Hall–Kier alpha value is -1.71. The van der Waals surface area contributed by atoms with Crippen molar-refractivity contribution in [1.82, 2.24) is 15.2 Å². The van der Waals surface area contributed by atoms with Crippen LogP contribution in [0, 0.1) is 5.92 Å². The van der Waals surface area contributed by atoms with Crippen LogP contribution in [0.3, 0.4) is 0 Å². The van der Waals surface area contributed by atoms with Gasteiger partial charge in [-0.2, -0.15) is 13.2 Å². The van der Waals surface area contributed by atoms with Crippen molar-refractivity contribution in [3.8, 4) is 0 Å². The lowest BCUT2D eigenvalue weighted by Crippen LogP contribution is -2.51. The summed E-state index contributed by atoms with van der Waals surface area (Å²) in [5.41, 5.74) is 0.376. The lowest BCUT2D eigenvalue weighted by Gasteiger charge is -2.37. The number of hydrogen-bond donors (Lipinski definition) is 2. The van der Waals surface area contributed by atoms with Crippen molar-refractivity contribution in [3.63, 3.8) is 0 Å². The monoisotopic (exact) mass is 427 g/mol. The van der Waals surface area contributed by atoms with Gasteiger partial charge in [-0.1, -0.05) is 0 Å². The maximum absolute atomic E-state index is 13.0. The van der Waals surface area contributed by atoms with Gasteiger partial charge in [0.15, 0.2) is 0 Å². The number of amides is 1. The lowest BCUT2D eigenvalue weighted by molar-refractivity contribution is -0.138. The quantitative estimate of drug-likeness (QED) is 0.774. The third-order valence-electron chi connectivity index (χ3n) is 6.53.